The molecule has 0 atom stereocenters. The van der Waals surface area contributed by atoms with Gasteiger partial charge in [-0.05, 0) is 105 Å². The van der Waals surface area contributed by atoms with Crippen LogP contribution in [0.2, 0.25) is 0 Å². The number of aromatic nitrogens is 1. The van der Waals surface area contributed by atoms with Gasteiger partial charge in [0.25, 0.3) is 0 Å². The molecule has 0 fully saturated rings. The summed E-state index contributed by atoms with van der Waals surface area (Å²) < 4.78 is 6.17. The summed E-state index contributed by atoms with van der Waals surface area (Å²) in [5, 5.41) is 4.60. The number of oxazole rings is 1. The van der Waals surface area contributed by atoms with E-state index in [-0.39, 0.29) is 0 Å². The predicted octanol–water partition coefficient (Wildman–Crippen LogP) is 12.6. The molecule has 0 amide bonds. The molecule has 0 bridgehead atoms. The maximum atomic E-state index is 6.17. The number of hydrogen-bond acceptors (Lipinski definition) is 3. The second kappa shape index (κ2) is 11.7. The summed E-state index contributed by atoms with van der Waals surface area (Å²) in [5.74, 6) is 0.640. The summed E-state index contributed by atoms with van der Waals surface area (Å²) in [4.78, 5) is 7.24. The molecule has 0 saturated carbocycles. The molecular formula is C45H30N2O. The van der Waals surface area contributed by atoms with E-state index in [1.165, 1.54) is 21.9 Å². The summed E-state index contributed by atoms with van der Waals surface area (Å²) in [6.45, 7) is 0. The highest BCUT2D eigenvalue weighted by molar-refractivity contribution is 6.06. The van der Waals surface area contributed by atoms with Crippen LogP contribution in [0.5, 0.6) is 0 Å². The van der Waals surface area contributed by atoms with Crippen molar-refractivity contribution < 1.29 is 4.42 Å². The Labute approximate surface area is 279 Å². The van der Waals surface area contributed by atoms with Crippen LogP contribution >= 0.6 is 0 Å². The molecule has 48 heavy (non-hydrogen) atoms. The number of para-hydroxylation sites is 1. The van der Waals surface area contributed by atoms with Gasteiger partial charge in [-0.25, -0.2) is 4.98 Å². The van der Waals surface area contributed by atoms with Crippen molar-refractivity contribution in [2.75, 3.05) is 4.90 Å². The van der Waals surface area contributed by atoms with Crippen molar-refractivity contribution in [3.63, 3.8) is 0 Å². The van der Waals surface area contributed by atoms with Gasteiger partial charge in [0.05, 0.1) is 0 Å². The molecule has 226 valence electrons. The van der Waals surface area contributed by atoms with Crippen LogP contribution < -0.4 is 4.90 Å². The van der Waals surface area contributed by atoms with Crippen molar-refractivity contribution in [1.82, 2.24) is 4.98 Å². The van der Waals surface area contributed by atoms with Crippen LogP contribution in [0.3, 0.4) is 0 Å². The van der Waals surface area contributed by atoms with Gasteiger partial charge in [-0.15, -0.1) is 0 Å². The molecule has 0 spiro atoms. The first-order chi connectivity index (χ1) is 23.8. The Hall–Kier alpha value is -6.45. The minimum atomic E-state index is 0.640. The zero-order valence-corrected chi connectivity index (χ0v) is 26.1. The maximum absolute atomic E-state index is 6.17. The number of anilines is 3. The molecule has 0 N–H and O–H groups in total. The lowest BCUT2D eigenvalue weighted by Gasteiger charge is -2.26. The van der Waals surface area contributed by atoms with Gasteiger partial charge in [0.2, 0.25) is 5.89 Å². The quantitative estimate of drug-likeness (QED) is 0.187. The fourth-order valence-corrected chi connectivity index (χ4v) is 6.60. The van der Waals surface area contributed by atoms with Gasteiger partial charge in [-0.2, -0.15) is 0 Å². The van der Waals surface area contributed by atoms with Crippen LogP contribution in [0.1, 0.15) is 0 Å². The Bertz CT molecular complexity index is 2540. The topological polar surface area (TPSA) is 29.3 Å². The molecule has 3 nitrogen and oxygen atoms in total. The van der Waals surface area contributed by atoms with Crippen LogP contribution in [-0.4, -0.2) is 4.98 Å². The first-order valence-electron chi connectivity index (χ1n) is 16.2. The number of rotatable bonds is 6. The monoisotopic (exact) mass is 614 g/mol. The SMILES string of the molecule is c1ccc(-c2ccc(N(c3ccccc3)c3ccc4cc(-c5ccc6ccc7oc(-c8ccccc8)nc7c6c5)ccc4c3)cc2)cc1. The Balaban J connectivity index is 1.08. The van der Waals surface area contributed by atoms with Gasteiger partial charge in [-0.3, -0.25) is 0 Å². The molecule has 0 saturated heterocycles. The average molecular weight is 615 g/mol. The van der Waals surface area contributed by atoms with Crippen molar-refractivity contribution >= 4 is 49.7 Å². The molecule has 0 aliphatic heterocycles. The molecule has 3 heteroatoms. The molecule has 9 aromatic rings. The Kier molecular flexibility index (Phi) is 6.80. The summed E-state index contributed by atoms with van der Waals surface area (Å²) in [7, 11) is 0. The molecule has 0 radical (unpaired) electrons. The standard InChI is InChI=1S/C45H30N2O/c1-4-10-31(11-5-1)32-20-24-40(25-21-32)47(39-14-8-3-9-15-39)41-26-22-36-28-35(18-19-37(36)29-41)38-17-16-33-23-27-43-44(42(33)30-38)46-45(48-43)34-12-6-2-7-13-34/h1-30H. The highest BCUT2D eigenvalue weighted by Gasteiger charge is 2.15. The van der Waals surface area contributed by atoms with Gasteiger partial charge in [0, 0.05) is 28.0 Å². The predicted molar refractivity (Wildman–Crippen MR) is 200 cm³/mol. The first-order valence-corrected chi connectivity index (χ1v) is 16.2. The first kappa shape index (κ1) is 27.8. The number of hydrogen-bond donors (Lipinski definition) is 0. The second-order valence-corrected chi connectivity index (χ2v) is 12.1. The van der Waals surface area contributed by atoms with E-state index in [1.807, 2.05) is 36.4 Å². The number of benzene rings is 8. The summed E-state index contributed by atoms with van der Waals surface area (Å²) in [6.07, 6.45) is 0. The largest absolute Gasteiger partial charge is 0.436 e. The fraction of sp³-hybridized carbons (Fsp3) is 0. The second-order valence-electron chi connectivity index (χ2n) is 12.1. The van der Waals surface area contributed by atoms with Crippen molar-refractivity contribution in [3.05, 3.63) is 182 Å². The van der Waals surface area contributed by atoms with E-state index in [4.69, 9.17) is 9.40 Å². The van der Waals surface area contributed by atoms with Crippen molar-refractivity contribution in [2.45, 2.75) is 0 Å². The number of fused-ring (bicyclic) bond motifs is 4. The fourth-order valence-electron chi connectivity index (χ4n) is 6.60. The third-order valence-electron chi connectivity index (χ3n) is 9.06. The van der Waals surface area contributed by atoms with E-state index in [2.05, 4.69) is 150 Å². The van der Waals surface area contributed by atoms with Gasteiger partial charge in [-0.1, -0.05) is 115 Å². The molecule has 0 unspecified atom stereocenters. The van der Waals surface area contributed by atoms with Crippen LogP contribution in [0.4, 0.5) is 17.1 Å². The zero-order valence-electron chi connectivity index (χ0n) is 26.1. The van der Waals surface area contributed by atoms with Crippen LogP contribution in [0.25, 0.3) is 66.4 Å². The summed E-state index contributed by atoms with van der Waals surface area (Å²) in [5.41, 5.74) is 10.7. The highest BCUT2D eigenvalue weighted by Crippen LogP contribution is 2.38. The molecule has 9 rings (SSSR count). The lowest BCUT2D eigenvalue weighted by Crippen LogP contribution is -2.09. The van der Waals surface area contributed by atoms with Gasteiger partial charge < -0.3 is 9.32 Å². The lowest BCUT2D eigenvalue weighted by atomic mass is 9.98. The Morgan fingerprint density at radius 1 is 0.375 bits per heavy atom. The highest BCUT2D eigenvalue weighted by atomic mass is 16.3. The average Bonchev–Trinajstić information content (AvgIpc) is 3.61. The molecule has 1 aromatic heterocycles. The third kappa shape index (κ3) is 5.08. The minimum Gasteiger partial charge on any atom is -0.436 e. The van der Waals surface area contributed by atoms with Crippen LogP contribution in [-0.2, 0) is 0 Å². The third-order valence-corrected chi connectivity index (χ3v) is 9.06. The molecule has 8 aromatic carbocycles. The van der Waals surface area contributed by atoms with Crippen LogP contribution in [0.15, 0.2) is 186 Å². The van der Waals surface area contributed by atoms with Gasteiger partial charge >= 0.3 is 0 Å². The van der Waals surface area contributed by atoms with E-state index in [1.54, 1.807) is 0 Å². The van der Waals surface area contributed by atoms with Crippen molar-refractivity contribution in [1.29, 1.82) is 0 Å². The van der Waals surface area contributed by atoms with E-state index in [0.717, 1.165) is 55.6 Å². The normalized spacial score (nSPS) is 11.3. The molecule has 0 aliphatic carbocycles. The van der Waals surface area contributed by atoms with Crippen LogP contribution in [0, 0.1) is 0 Å². The Morgan fingerprint density at radius 3 is 1.65 bits per heavy atom. The maximum Gasteiger partial charge on any atom is 0.227 e. The molecule has 1 heterocycles. The van der Waals surface area contributed by atoms with E-state index < -0.39 is 0 Å². The lowest BCUT2D eigenvalue weighted by molar-refractivity contribution is 0.620. The van der Waals surface area contributed by atoms with Gasteiger partial charge in [0.15, 0.2) is 5.58 Å². The van der Waals surface area contributed by atoms with Crippen molar-refractivity contribution in [3.8, 4) is 33.7 Å². The molecule has 0 aliphatic rings. The minimum absolute atomic E-state index is 0.640. The molecular weight excluding hydrogens is 585 g/mol. The smallest absolute Gasteiger partial charge is 0.227 e. The van der Waals surface area contributed by atoms with Crippen molar-refractivity contribution in [2.24, 2.45) is 0 Å². The summed E-state index contributed by atoms with van der Waals surface area (Å²) >= 11 is 0. The van der Waals surface area contributed by atoms with E-state index >= 15 is 0 Å². The zero-order chi connectivity index (χ0) is 31.9. The van der Waals surface area contributed by atoms with E-state index in [0.29, 0.717) is 5.89 Å². The summed E-state index contributed by atoms with van der Waals surface area (Å²) in [6, 6.07) is 64.1. The van der Waals surface area contributed by atoms with E-state index in [9.17, 15) is 0 Å². The van der Waals surface area contributed by atoms with Gasteiger partial charge in [0.1, 0.15) is 5.52 Å². The Morgan fingerprint density at radius 2 is 0.896 bits per heavy atom. The number of nitrogens with zero attached hydrogens (tertiary/aromatic N) is 2.